The number of ether oxygens (including phenoxy) is 1. The Labute approximate surface area is 197 Å². The van der Waals surface area contributed by atoms with E-state index in [-0.39, 0.29) is 6.61 Å². The molecule has 0 radical (unpaired) electrons. The average Bonchev–Trinajstić information content (AvgIpc) is 2.85. The van der Waals surface area contributed by atoms with Gasteiger partial charge < -0.3 is 9.84 Å². The summed E-state index contributed by atoms with van der Waals surface area (Å²) >= 11 is 0. The van der Waals surface area contributed by atoms with Crippen LogP contribution < -0.4 is 4.74 Å². The SMILES string of the molecule is COc1ccc2nccc(CCC[C@@H]3CCN(CC#Cc4ccc(C)cc4)C[C@@H]3CO)c2c1. The van der Waals surface area contributed by atoms with Crippen LogP contribution in [0.3, 0.4) is 0 Å². The number of piperidine rings is 1. The molecular weight excluding hydrogens is 408 g/mol. The molecule has 33 heavy (non-hydrogen) atoms. The van der Waals surface area contributed by atoms with Gasteiger partial charge in [-0.05, 0) is 92.9 Å². The number of pyridine rings is 1. The Bertz CT molecular complexity index is 1110. The summed E-state index contributed by atoms with van der Waals surface area (Å²) in [6.07, 6.45) is 6.30. The van der Waals surface area contributed by atoms with Crippen molar-refractivity contribution < 1.29 is 9.84 Å². The molecule has 4 rings (SSSR count). The molecule has 2 heterocycles. The zero-order chi connectivity index (χ0) is 23.0. The zero-order valence-corrected chi connectivity index (χ0v) is 19.8. The predicted octanol–water partition coefficient (Wildman–Crippen LogP) is 4.86. The molecule has 172 valence electrons. The molecule has 0 unspecified atom stereocenters. The largest absolute Gasteiger partial charge is 0.497 e. The van der Waals surface area contributed by atoms with E-state index in [1.807, 2.05) is 18.3 Å². The molecule has 0 aliphatic carbocycles. The van der Waals surface area contributed by atoms with Crippen LogP contribution in [0.5, 0.6) is 5.75 Å². The molecule has 0 amide bonds. The number of aliphatic hydroxyl groups excluding tert-OH is 1. The van der Waals surface area contributed by atoms with E-state index in [2.05, 4.69) is 65.0 Å². The highest BCUT2D eigenvalue weighted by Gasteiger charge is 2.28. The molecule has 1 aliphatic rings. The van der Waals surface area contributed by atoms with Gasteiger partial charge >= 0.3 is 0 Å². The Hall–Kier alpha value is -2.87. The first-order chi connectivity index (χ1) is 16.2. The molecule has 3 aromatic rings. The van der Waals surface area contributed by atoms with Crippen LogP contribution in [0.15, 0.2) is 54.7 Å². The van der Waals surface area contributed by atoms with E-state index in [9.17, 15) is 5.11 Å². The standard InChI is InChI=1S/C29H34N2O2/c1-22-8-10-23(11-9-22)5-4-17-31-18-15-24(26(20-31)21-32)6-3-7-25-14-16-30-29-13-12-27(33-2)19-28(25)29/h8-14,16,19,24,26,32H,3,6-7,15,17-18,20-21H2,1-2H3/t24-,26-/m1/s1. The van der Waals surface area contributed by atoms with Crippen LogP contribution in [-0.2, 0) is 6.42 Å². The molecule has 2 atom stereocenters. The van der Waals surface area contributed by atoms with Crippen LogP contribution in [0.1, 0.15) is 36.0 Å². The summed E-state index contributed by atoms with van der Waals surface area (Å²) in [5.41, 5.74) is 4.66. The normalized spacial score (nSPS) is 18.6. The lowest BCUT2D eigenvalue weighted by molar-refractivity contribution is 0.0748. The van der Waals surface area contributed by atoms with Gasteiger partial charge in [0.1, 0.15) is 5.75 Å². The topological polar surface area (TPSA) is 45.6 Å². The quantitative estimate of drug-likeness (QED) is 0.531. The van der Waals surface area contributed by atoms with Crippen LogP contribution in [0.2, 0.25) is 0 Å². The number of rotatable bonds is 7. The first-order valence-corrected chi connectivity index (χ1v) is 12.0. The highest BCUT2D eigenvalue weighted by molar-refractivity contribution is 5.83. The minimum Gasteiger partial charge on any atom is -0.497 e. The number of aromatic nitrogens is 1. The van der Waals surface area contributed by atoms with Crippen molar-refractivity contribution in [3.63, 3.8) is 0 Å². The van der Waals surface area contributed by atoms with E-state index in [0.717, 1.165) is 62.1 Å². The van der Waals surface area contributed by atoms with Crippen LogP contribution in [-0.4, -0.2) is 48.3 Å². The van der Waals surface area contributed by atoms with E-state index >= 15 is 0 Å². The number of fused-ring (bicyclic) bond motifs is 1. The van der Waals surface area contributed by atoms with Gasteiger partial charge in [-0.3, -0.25) is 9.88 Å². The minimum atomic E-state index is 0.252. The summed E-state index contributed by atoms with van der Waals surface area (Å²) in [7, 11) is 1.70. The molecule has 4 heteroatoms. The smallest absolute Gasteiger partial charge is 0.119 e. The Morgan fingerprint density at radius 2 is 1.97 bits per heavy atom. The fourth-order valence-electron chi connectivity index (χ4n) is 4.86. The maximum absolute atomic E-state index is 10.0. The van der Waals surface area contributed by atoms with Gasteiger partial charge in [0.15, 0.2) is 0 Å². The number of hydrogen-bond acceptors (Lipinski definition) is 4. The summed E-state index contributed by atoms with van der Waals surface area (Å²) in [6, 6.07) is 16.6. The van der Waals surface area contributed by atoms with Crippen molar-refractivity contribution in [2.75, 3.05) is 33.4 Å². The first kappa shape index (κ1) is 23.3. The Morgan fingerprint density at radius 3 is 2.76 bits per heavy atom. The van der Waals surface area contributed by atoms with Crippen molar-refractivity contribution in [3.8, 4) is 17.6 Å². The summed E-state index contributed by atoms with van der Waals surface area (Å²) in [6.45, 7) is 5.09. The van der Waals surface area contributed by atoms with E-state index in [0.29, 0.717) is 11.8 Å². The molecule has 1 N–H and O–H groups in total. The number of nitrogens with zero attached hydrogens (tertiary/aromatic N) is 2. The Kier molecular flexibility index (Phi) is 7.99. The van der Waals surface area contributed by atoms with Crippen LogP contribution in [0.4, 0.5) is 0 Å². The fraction of sp³-hybridized carbons (Fsp3) is 0.414. The second-order valence-electron chi connectivity index (χ2n) is 9.14. The third-order valence-electron chi connectivity index (χ3n) is 6.86. The molecule has 1 fully saturated rings. The summed E-state index contributed by atoms with van der Waals surface area (Å²) in [5.74, 6) is 8.36. The van der Waals surface area contributed by atoms with E-state index in [1.165, 1.54) is 16.5 Å². The Balaban J connectivity index is 1.29. The number of hydrogen-bond donors (Lipinski definition) is 1. The number of benzene rings is 2. The van der Waals surface area contributed by atoms with Crippen molar-refractivity contribution in [1.29, 1.82) is 0 Å². The third kappa shape index (κ3) is 6.13. The van der Waals surface area contributed by atoms with Crippen molar-refractivity contribution in [2.45, 2.75) is 32.6 Å². The summed E-state index contributed by atoms with van der Waals surface area (Å²) in [5, 5.41) is 11.2. The summed E-state index contributed by atoms with van der Waals surface area (Å²) in [4.78, 5) is 6.88. The maximum Gasteiger partial charge on any atom is 0.119 e. The van der Waals surface area contributed by atoms with Crippen molar-refractivity contribution >= 4 is 10.9 Å². The monoisotopic (exact) mass is 442 g/mol. The predicted molar refractivity (Wildman–Crippen MR) is 134 cm³/mol. The van der Waals surface area contributed by atoms with E-state index < -0.39 is 0 Å². The number of aryl methyl sites for hydroxylation is 2. The van der Waals surface area contributed by atoms with Crippen LogP contribution in [0.25, 0.3) is 10.9 Å². The fourth-order valence-corrected chi connectivity index (χ4v) is 4.86. The molecule has 4 nitrogen and oxygen atoms in total. The lowest BCUT2D eigenvalue weighted by atomic mass is 9.82. The molecule has 0 bridgehead atoms. The Morgan fingerprint density at radius 1 is 1.12 bits per heavy atom. The van der Waals surface area contributed by atoms with Gasteiger partial charge in [0.2, 0.25) is 0 Å². The van der Waals surface area contributed by atoms with Crippen molar-refractivity contribution in [1.82, 2.24) is 9.88 Å². The van der Waals surface area contributed by atoms with Crippen molar-refractivity contribution in [3.05, 3.63) is 71.4 Å². The second kappa shape index (κ2) is 11.3. The molecule has 0 spiro atoms. The maximum atomic E-state index is 10.0. The van der Waals surface area contributed by atoms with Crippen LogP contribution >= 0.6 is 0 Å². The number of methoxy groups -OCH3 is 1. The van der Waals surface area contributed by atoms with Gasteiger partial charge in [0, 0.05) is 30.3 Å². The molecular formula is C29H34N2O2. The lowest BCUT2D eigenvalue weighted by Crippen LogP contribution is -2.42. The lowest BCUT2D eigenvalue weighted by Gasteiger charge is -2.37. The van der Waals surface area contributed by atoms with Gasteiger partial charge in [-0.25, -0.2) is 0 Å². The highest BCUT2D eigenvalue weighted by Crippen LogP contribution is 2.29. The van der Waals surface area contributed by atoms with Crippen LogP contribution in [0, 0.1) is 30.6 Å². The zero-order valence-electron chi connectivity index (χ0n) is 19.8. The number of aliphatic hydroxyl groups is 1. The van der Waals surface area contributed by atoms with Crippen molar-refractivity contribution in [2.24, 2.45) is 11.8 Å². The summed E-state index contributed by atoms with van der Waals surface area (Å²) < 4.78 is 5.40. The number of likely N-dealkylation sites (tertiary alicyclic amines) is 1. The highest BCUT2D eigenvalue weighted by atomic mass is 16.5. The minimum absolute atomic E-state index is 0.252. The second-order valence-corrected chi connectivity index (χ2v) is 9.14. The first-order valence-electron chi connectivity index (χ1n) is 12.0. The third-order valence-corrected chi connectivity index (χ3v) is 6.86. The molecule has 1 aromatic heterocycles. The van der Waals surface area contributed by atoms with Gasteiger partial charge in [0.05, 0.1) is 19.2 Å². The molecule has 0 saturated carbocycles. The van der Waals surface area contributed by atoms with Gasteiger partial charge in [-0.2, -0.15) is 0 Å². The van der Waals surface area contributed by atoms with E-state index in [4.69, 9.17) is 4.74 Å². The molecule has 1 aliphatic heterocycles. The molecule has 1 saturated heterocycles. The molecule has 2 aromatic carbocycles. The van der Waals surface area contributed by atoms with Gasteiger partial charge in [-0.15, -0.1) is 0 Å². The average molecular weight is 443 g/mol. The van der Waals surface area contributed by atoms with E-state index in [1.54, 1.807) is 7.11 Å². The van der Waals surface area contributed by atoms with Gasteiger partial charge in [0.25, 0.3) is 0 Å². The van der Waals surface area contributed by atoms with Gasteiger partial charge in [-0.1, -0.05) is 29.5 Å².